The first-order valence-electron chi connectivity index (χ1n) is 6.89. The molecule has 1 aliphatic rings. The minimum absolute atomic E-state index is 0.211. The molecule has 102 valence electrons. The van der Waals surface area contributed by atoms with Crippen LogP contribution in [0.15, 0.2) is 6.07 Å². The first-order chi connectivity index (χ1) is 8.30. The van der Waals surface area contributed by atoms with Crippen molar-refractivity contribution in [2.45, 2.75) is 46.2 Å². The molecule has 0 spiro atoms. The number of hydrogen-bond acceptors (Lipinski definition) is 2. The molecule has 2 rings (SSSR count). The highest BCUT2D eigenvalue weighted by Gasteiger charge is 2.33. The summed E-state index contributed by atoms with van der Waals surface area (Å²) in [6.45, 7) is 9.01. The molecule has 1 atom stereocenters. The highest BCUT2D eigenvalue weighted by molar-refractivity contribution is 5.34. The fourth-order valence-electron chi connectivity index (χ4n) is 3.12. The van der Waals surface area contributed by atoms with Gasteiger partial charge in [-0.25, -0.2) is 0 Å². The van der Waals surface area contributed by atoms with E-state index in [4.69, 9.17) is 5.73 Å². The van der Waals surface area contributed by atoms with Gasteiger partial charge < -0.3 is 15.2 Å². The van der Waals surface area contributed by atoms with Crippen molar-refractivity contribution < 1.29 is 0 Å². The van der Waals surface area contributed by atoms with Crippen LogP contribution in [0.25, 0.3) is 0 Å². The van der Waals surface area contributed by atoms with Crippen molar-refractivity contribution in [1.82, 2.24) is 9.47 Å². The van der Waals surface area contributed by atoms with Crippen LogP contribution in [0, 0.1) is 12.3 Å². The Morgan fingerprint density at radius 1 is 1.44 bits per heavy atom. The molecule has 1 aliphatic carbocycles. The van der Waals surface area contributed by atoms with Crippen LogP contribution < -0.4 is 5.73 Å². The van der Waals surface area contributed by atoms with Crippen molar-refractivity contribution in [3.63, 3.8) is 0 Å². The van der Waals surface area contributed by atoms with Crippen LogP contribution in [-0.4, -0.2) is 30.1 Å². The van der Waals surface area contributed by atoms with Gasteiger partial charge in [0.1, 0.15) is 0 Å². The van der Waals surface area contributed by atoms with E-state index in [9.17, 15) is 0 Å². The van der Waals surface area contributed by atoms with Gasteiger partial charge in [0.2, 0.25) is 0 Å². The number of likely N-dealkylation sites (N-methyl/N-ethyl adjacent to an activating group) is 1. The lowest BCUT2D eigenvalue weighted by Gasteiger charge is -2.34. The summed E-state index contributed by atoms with van der Waals surface area (Å²) in [6, 6.07) is 2.51. The van der Waals surface area contributed by atoms with Gasteiger partial charge in [-0.3, -0.25) is 0 Å². The minimum Gasteiger partial charge on any atom is -0.347 e. The van der Waals surface area contributed by atoms with Crippen molar-refractivity contribution >= 4 is 0 Å². The normalized spacial score (nSPS) is 22.3. The summed E-state index contributed by atoms with van der Waals surface area (Å²) in [7, 11) is 4.25. The maximum atomic E-state index is 6.34. The average Bonchev–Trinajstić information content (AvgIpc) is 2.50. The lowest BCUT2D eigenvalue weighted by atomic mass is 9.74. The van der Waals surface area contributed by atoms with Crippen molar-refractivity contribution in [3.05, 3.63) is 23.0 Å². The minimum atomic E-state index is 0.211. The number of nitrogens with zero attached hydrogens (tertiary/aromatic N) is 2. The second-order valence-electron chi connectivity index (χ2n) is 6.79. The lowest BCUT2D eigenvalue weighted by molar-refractivity contribution is 0.272. The summed E-state index contributed by atoms with van der Waals surface area (Å²) in [6.07, 6.45) is 2.24. The SMILES string of the molecule is Cc1cc2c(n1CCN(C)C)CC(C)(C)CC2N. The van der Waals surface area contributed by atoms with Gasteiger partial charge >= 0.3 is 0 Å². The van der Waals surface area contributed by atoms with Gasteiger partial charge in [-0.05, 0) is 50.9 Å². The molecular weight excluding hydrogens is 222 g/mol. The van der Waals surface area contributed by atoms with Gasteiger partial charge in [0, 0.05) is 30.5 Å². The molecule has 0 radical (unpaired) electrons. The van der Waals surface area contributed by atoms with Crippen LogP contribution in [0.5, 0.6) is 0 Å². The summed E-state index contributed by atoms with van der Waals surface area (Å²) in [5.41, 5.74) is 10.9. The molecule has 2 N–H and O–H groups in total. The third-order valence-electron chi connectivity index (χ3n) is 4.04. The molecule has 0 saturated heterocycles. The summed E-state index contributed by atoms with van der Waals surface area (Å²) in [5.74, 6) is 0. The first kappa shape index (κ1) is 13.6. The Balaban J connectivity index is 2.32. The molecule has 0 amide bonds. The fourth-order valence-corrected chi connectivity index (χ4v) is 3.12. The number of aryl methyl sites for hydroxylation is 1. The average molecular weight is 249 g/mol. The van der Waals surface area contributed by atoms with E-state index in [0.717, 1.165) is 25.9 Å². The van der Waals surface area contributed by atoms with Crippen molar-refractivity contribution in [2.24, 2.45) is 11.1 Å². The summed E-state index contributed by atoms with van der Waals surface area (Å²) in [4.78, 5) is 2.24. The molecule has 18 heavy (non-hydrogen) atoms. The Kier molecular flexibility index (Phi) is 3.56. The summed E-state index contributed by atoms with van der Waals surface area (Å²) >= 11 is 0. The Labute approximate surface area is 111 Å². The predicted molar refractivity (Wildman–Crippen MR) is 76.8 cm³/mol. The van der Waals surface area contributed by atoms with Crippen LogP contribution in [0.1, 0.15) is 43.3 Å². The first-order valence-corrected chi connectivity index (χ1v) is 6.89. The van der Waals surface area contributed by atoms with Crippen LogP contribution in [0.3, 0.4) is 0 Å². The van der Waals surface area contributed by atoms with Crippen LogP contribution >= 0.6 is 0 Å². The molecule has 0 bridgehead atoms. The van der Waals surface area contributed by atoms with E-state index in [1.807, 2.05) is 0 Å². The Morgan fingerprint density at radius 3 is 2.72 bits per heavy atom. The number of rotatable bonds is 3. The van der Waals surface area contributed by atoms with E-state index in [2.05, 4.69) is 50.4 Å². The monoisotopic (exact) mass is 249 g/mol. The standard InChI is InChI=1S/C15H27N3/c1-11-8-12-13(16)9-15(2,3)10-14(12)18(11)7-6-17(4)5/h8,13H,6-7,9-10,16H2,1-5H3. The van der Waals surface area contributed by atoms with E-state index >= 15 is 0 Å². The third-order valence-corrected chi connectivity index (χ3v) is 4.04. The molecule has 3 nitrogen and oxygen atoms in total. The van der Waals surface area contributed by atoms with Crippen LogP contribution in [0.2, 0.25) is 0 Å². The van der Waals surface area contributed by atoms with Gasteiger partial charge in [0.15, 0.2) is 0 Å². The molecular formula is C15H27N3. The van der Waals surface area contributed by atoms with Gasteiger partial charge in [0.25, 0.3) is 0 Å². The zero-order chi connectivity index (χ0) is 13.5. The topological polar surface area (TPSA) is 34.2 Å². The van der Waals surface area contributed by atoms with Crippen molar-refractivity contribution in [3.8, 4) is 0 Å². The quantitative estimate of drug-likeness (QED) is 0.892. The van der Waals surface area contributed by atoms with Crippen molar-refractivity contribution in [1.29, 1.82) is 0 Å². The van der Waals surface area contributed by atoms with E-state index in [0.29, 0.717) is 5.41 Å². The molecule has 1 heterocycles. The van der Waals surface area contributed by atoms with Crippen molar-refractivity contribution in [2.75, 3.05) is 20.6 Å². The van der Waals surface area contributed by atoms with E-state index in [-0.39, 0.29) is 6.04 Å². The maximum Gasteiger partial charge on any atom is 0.0352 e. The van der Waals surface area contributed by atoms with E-state index < -0.39 is 0 Å². The molecule has 1 aromatic rings. The summed E-state index contributed by atoms with van der Waals surface area (Å²) < 4.78 is 2.47. The number of hydrogen-bond donors (Lipinski definition) is 1. The third kappa shape index (κ3) is 2.62. The number of fused-ring (bicyclic) bond motifs is 1. The Bertz CT molecular complexity index is 429. The van der Waals surface area contributed by atoms with E-state index in [1.165, 1.54) is 17.0 Å². The van der Waals surface area contributed by atoms with Gasteiger partial charge in [-0.1, -0.05) is 13.8 Å². The second-order valence-corrected chi connectivity index (χ2v) is 6.79. The number of aromatic nitrogens is 1. The maximum absolute atomic E-state index is 6.34. The Hall–Kier alpha value is -0.800. The highest BCUT2D eigenvalue weighted by Crippen LogP contribution is 2.40. The summed E-state index contributed by atoms with van der Waals surface area (Å²) in [5, 5.41) is 0. The Morgan fingerprint density at radius 2 is 2.11 bits per heavy atom. The molecule has 0 saturated carbocycles. The van der Waals surface area contributed by atoms with Crippen LogP contribution in [-0.2, 0) is 13.0 Å². The molecule has 1 aromatic heterocycles. The fraction of sp³-hybridized carbons (Fsp3) is 0.733. The molecule has 3 heteroatoms. The number of nitrogens with two attached hydrogens (primary N) is 1. The smallest absolute Gasteiger partial charge is 0.0352 e. The van der Waals surface area contributed by atoms with Crippen LogP contribution in [0.4, 0.5) is 0 Å². The zero-order valence-corrected chi connectivity index (χ0v) is 12.5. The van der Waals surface area contributed by atoms with Gasteiger partial charge in [-0.15, -0.1) is 0 Å². The van der Waals surface area contributed by atoms with Gasteiger partial charge in [-0.2, -0.15) is 0 Å². The highest BCUT2D eigenvalue weighted by atomic mass is 15.1. The molecule has 0 fully saturated rings. The molecule has 0 aliphatic heterocycles. The molecule has 1 unspecified atom stereocenters. The predicted octanol–water partition coefficient (Wildman–Crippen LogP) is 2.33. The van der Waals surface area contributed by atoms with E-state index in [1.54, 1.807) is 0 Å². The largest absolute Gasteiger partial charge is 0.347 e. The lowest BCUT2D eigenvalue weighted by Crippen LogP contribution is -2.31. The van der Waals surface area contributed by atoms with Gasteiger partial charge in [0.05, 0.1) is 0 Å². The molecule has 0 aromatic carbocycles. The second kappa shape index (κ2) is 4.71. The zero-order valence-electron chi connectivity index (χ0n) is 12.5.